The molecule has 0 rings (SSSR count). The Morgan fingerprint density at radius 3 is 1.78 bits per heavy atom. The molecule has 0 aliphatic carbocycles. The Hall–Kier alpha value is -1.13. The fraction of sp³-hybridized carbons (Fsp3) is 0.600. The summed E-state index contributed by atoms with van der Waals surface area (Å²) in [6.45, 7) is 3.72. The van der Waals surface area contributed by atoms with Gasteiger partial charge in [0.25, 0.3) is 0 Å². The fourth-order valence-corrected chi connectivity index (χ4v) is 0. The largest absolute Gasteiger partial charge is 0.372 e. The van der Waals surface area contributed by atoms with Crippen LogP contribution in [0.3, 0.4) is 0 Å². The van der Waals surface area contributed by atoms with E-state index in [1.54, 1.807) is 0 Å². The van der Waals surface area contributed by atoms with Crippen LogP contribution in [0, 0.1) is 23.4 Å². The second kappa shape index (κ2) is 15.8. The first-order valence-corrected chi connectivity index (χ1v) is 2.24. The predicted octanol–water partition coefficient (Wildman–Crippen LogP) is 0.267. The minimum Gasteiger partial charge on any atom is -0.372 e. The molecule has 48 valence electrons. The number of nitrogens with zero attached hydrogens (tertiary/aromatic N) is 1. The normalized spacial score (nSPS) is 5.56. The molecule has 0 fully saturated rings. The number of rotatable bonds is 0. The third-order valence-electron chi connectivity index (χ3n) is 0.258. The Bertz CT molecular complexity index is 87.4. The zero-order chi connectivity index (χ0) is 6.99. The zero-order valence-corrected chi connectivity index (χ0v) is 5.79. The first kappa shape index (κ1) is 15.7. The minimum absolute atomic E-state index is 0. The van der Waals surface area contributed by atoms with Gasteiger partial charge in [0.2, 0.25) is 6.41 Å². The number of primary amides is 1. The third kappa shape index (κ3) is 216. The number of nitriles is 1. The second-order valence-corrected chi connectivity index (χ2v) is 1.42. The summed E-state index contributed by atoms with van der Waals surface area (Å²) >= 11 is 0. The number of nitrogens with two attached hydrogens (primary N) is 1. The first-order valence-electron chi connectivity index (χ1n) is 2.24. The molecule has 4 heteroatoms. The van der Waals surface area contributed by atoms with E-state index in [0.717, 1.165) is 0 Å². The van der Waals surface area contributed by atoms with E-state index in [4.69, 9.17) is 10.1 Å². The van der Waals surface area contributed by atoms with Gasteiger partial charge in [0.1, 0.15) is 0 Å². The number of hydrogen-bond acceptors (Lipinski definition) is 2. The Balaban J connectivity index is -0.0000000800. The molecule has 1 amide bonds. The summed E-state index contributed by atoms with van der Waals surface area (Å²) in [6, 6.07) is 2.03. The second-order valence-electron chi connectivity index (χ2n) is 1.42. The number of amides is 1. The number of hydrogen-bond donors (Lipinski definition) is 1. The molecule has 0 spiro atoms. The summed E-state index contributed by atoms with van der Waals surface area (Å²) in [5.74, 6) is 0.190. The minimum atomic E-state index is 0. The molecular weight excluding hydrogens is 108 g/mol. The van der Waals surface area contributed by atoms with Gasteiger partial charge in [-0.3, -0.25) is 4.79 Å². The van der Waals surface area contributed by atoms with Crippen molar-refractivity contribution in [2.45, 2.75) is 13.8 Å². The Kier molecular flexibility index (Phi) is 27.5. The Morgan fingerprint density at radius 2 is 1.78 bits per heavy atom. The molecule has 0 unspecified atom stereocenters. The molecule has 9 heavy (non-hydrogen) atoms. The number of carbonyl (C=O) groups is 1. The molecule has 0 heterocycles. The topological polar surface area (TPSA) is 66.9 Å². The molecule has 0 aromatic carbocycles. The van der Waals surface area contributed by atoms with Crippen LogP contribution in [0.25, 0.3) is 0 Å². The molecule has 0 aliphatic rings. The SMILES string of the molecule is CC(C)C#N.NC=O.[He]. The maximum Gasteiger partial charge on any atom is 0.204 e. The third-order valence-corrected chi connectivity index (χ3v) is 0.258. The molecule has 0 aliphatic heterocycles. The van der Waals surface area contributed by atoms with Gasteiger partial charge in [-0.1, -0.05) is 0 Å². The summed E-state index contributed by atoms with van der Waals surface area (Å²) in [7, 11) is 0. The van der Waals surface area contributed by atoms with Crippen molar-refractivity contribution in [3.8, 4) is 6.07 Å². The summed E-state index contributed by atoms with van der Waals surface area (Å²) in [5, 5.41) is 7.89. The average molecular weight is 118 g/mol. The van der Waals surface area contributed by atoms with Crippen LogP contribution in [0.1, 0.15) is 13.8 Å². The van der Waals surface area contributed by atoms with Crippen LogP contribution in [0.4, 0.5) is 0 Å². The molecule has 0 bridgehead atoms. The van der Waals surface area contributed by atoms with Crippen molar-refractivity contribution in [2.75, 3.05) is 0 Å². The van der Waals surface area contributed by atoms with E-state index in [0.29, 0.717) is 0 Å². The van der Waals surface area contributed by atoms with Crippen LogP contribution in [-0.4, -0.2) is 6.41 Å². The van der Waals surface area contributed by atoms with Gasteiger partial charge in [0.15, 0.2) is 0 Å². The molecule has 0 saturated heterocycles. The standard InChI is InChI=1S/C4H7N.CH3NO.He/c1-4(2)3-5;2-1-3;/h4H,1-2H3;1H,(H2,2,3);. The van der Waals surface area contributed by atoms with Gasteiger partial charge >= 0.3 is 0 Å². The van der Waals surface area contributed by atoms with Crippen LogP contribution >= 0.6 is 0 Å². The maximum absolute atomic E-state index is 8.58. The van der Waals surface area contributed by atoms with Crippen molar-refractivity contribution in [3.63, 3.8) is 0 Å². The summed E-state index contributed by atoms with van der Waals surface area (Å²) in [6.07, 6.45) is 0.250. The molecule has 0 atom stereocenters. The summed E-state index contributed by atoms with van der Waals surface area (Å²) in [5.41, 5.74) is 4.17. The maximum atomic E-state index is 8.58. The molecule has 0 radical (unpaired) electrons. The fourth-order valence-electron chi connectivity index (χ4n) is 0. The molecule has 0 aromatic heterocycles. The van der Waals surface area contributed by atoms with Crippen molar-refractivity contribution in [2.24, 2.45) is 11.7 Å². The van der Waals surface area contributed by atoms with Gasteiger partial charge in [-0.2, -0.15) is 5.26 Å². The molecular formula is C5H10HeN2O. The van der Waals surface area contributed by atoms with E-state index in [2.05, 4.69) is 5.73 Å². The van der Waals surface area contributed by atoms with Crippen LogP contribution in [0.2, 0.25) is 0 Å². The van der Waals surface area contributed by atoms with Crippen LogP contribution in [0.15, 0.2) is 0 Å². The van der Waals surface area contributed by atoms with Crippen molar-refractivity contribution in [1.29, 1.82) is 5.26 Å². The quantitative estimate of drug-likeness (QED) is 0.464. The summed E-state index contributed by atoms with van der Waals surface area (Å²) in [4.78, 5) is 8.58. The van der Waals surface area contributed by atoms with E-state index in [1.165, 1.54) is 0 Å². The molecule has 0 aromatic rings. The van der Waals surface area contributed by atoms with E-state index in [9.17, 15) is 0 Å². The van der Waals surface area contributed by atoms with Crippen molar-refractivity contribution in [3.05, 3.63) is 0 Å². The smallest absolute Gasteiger partial charge is 0.204 e. The van der Waals surface area contributed by atoms with E-state index >= 15 is 0 Å². The molecule has 0 saturated carbocycles. The Morgan fingerprint density at radius 1 is 1.67 bits per heavy atom. The van der Waals surface area contributed by atoms with Crippen LogP contribution in [-0.2, 0) is 4.79 Å². The Labute approximate surface area is 55.2 Å². The van der Waals surface area contributed by atoms with Crippen LogP contribution < -0.4 is 5.73 Å². The zero-order valence-electron chi connectivity index (χ0n) is 5.79. The average Bonchev–Trinajstić information content (AvgIpc) is 1.69. The van der Waals surface area contributed by atoms with Crippen molar-refractivity contribution < 1.29 is 10.9 Å². The number of carbonyl (C=O) groups excluding carboxylic acids is 1. The predicted molar refractivity (Wildman–Crippen MR) is 30.7 cm³/mol. The van der Waals surface area contributed by atoms with Crippen molar-refractivity contribution in [1.82, 2.24) is 0 Å². The molecule has 2 N–H and O–H groups in total. The van der Waals surface area contributed by atoms with Gasteiger partial charge in [-0.25, -0.2) is 0 Å². The van der Waals surface area contributed by atoms with Gasteiger partial charge in [-0.15, -0.1) is 0 Å². The summed E-state index contributed by atoms with van der Waals surface area (Å²) < 4.78 is 0. The monoisotopic (exact) mass is 118 g/mol. The van der Waals surface area contributed by atoms with Gasteiger partial charge in [0, 0.05) is 12.1 Å². The molecule has 3 nitrogen and oxygen atoms in total. The van der Waals surface area contributed by atoms with Gasteiger partial charge in [0.05, 0.1) is 6.07 Å². The van der Waals surface area contributed by atoms with E-state index in [-0.39, 0.29) is 18.5 Å². The van der Waals surface area contributed by atoms with E-state index in [1.807, 2.05) is 19.9 Å². The van der Waals surface area contributed by atoms with Crippen LogP contribution in [0.5, 0.6) is 0 Å². The van der Waals surface area contributed by atoms with Gasteiger partial charge in [-0.05, 0) is 13.8 Å². The first-order chi connectivity index (χ1) is 3.68. The van der Waals surface area contributed by atoms with E-state index < -0.39 is 0 Å². The van der Waals surface area contributed by atoms with Crippen molar-refractivity contribution >= 4 is 6.41 Å². The van der Waals surface area contributed by atoms with Gasteiger partial charge < -0.3 is 5.73 Å².